The minimum absolute atomic E-state index is 0.00235. The molecule has 0 aliphatic rings. The summed E-state index contributed by atoms with van der Waals surface area (Å²) in [5.41, 5.74) is 3.65. The molecule has 0 atom stereocenters. The first-order chi connectivity index (χ1) is 15.6. The van der Waals surface area contributed by atoms with Gasteiger partial charge in [-0.15, -0.1) is 10.2 Å². The lowest BCUT2D eigenvalue weighted by molar-refractivity contribution is 0.0963. The quantitative estimate of drug-likeness (QED) is 0.359. The summed E-state index contributed by atoms with van der Waals surface area (Å²) in [5.74, 6) is 0.262. The summed E-state index contributed by atoms with van der Waals surface area (Å²) in [7, 11) is 0. The summed E-state index contributed by atoms with van der Waals surface area (Å²) in [6.07, 6.45) is 0.569. The van der Waals surface area contributed by atoms with Crippen molar-refractivity contribution in [3.8, 4) is 5.88 Å². The number of fused-ring (bicyclic) bond motifs is 1. The second-order valence-electron chi connectivity index (χ2n) is 9.04. The SMILES string of the molecule is CCOc1cc(C)c2nn(CC(=O)c3cc(COCCCO)cc(C(C)(C)C)c3)c(=N)n2n1. The van der Waals surface area contributed by atoms with Crippen molar-refractivity contribution < 1.29 is 19.4 Å². The Bertz CT molecular complexity index is 1190. The zero-order valence-electron chi connectivity index (χ0n) is 20.0. The highest BCUT2D eigenvalue weighted by molar-refractivity contribution is 5.96. The molecular formula is C24H33N5O4. The number of hydrogen-bond acceptors (Lipinski definition) is 7. The van der Waals surface area contributed by atoms with Crippen LogP contribution in [0.3, 0.4) is 0 Å². The summed E-state index contributed by atoms with van der Waals surface area (Å²) in [6, 6.07) is 7.54. The van der Waals surface area contributed by atoms with Crippen molar-refractivity contribution in [2.24, 2.45) is 0 Å². The highest BCUT2D eigenvalue weighted by Crippen LogP contribution is 2.25. The van der Waals surface area contributed by atoms with Gasteiger partial charge in [0.15, 0.2) is 11.4 Å². The van der Waals surface area contributed by atoms with Crippen LogP contribution < -0.4 is 10.4 Å². The number of rotatable bonds is 10. The first-order valence-corrected chi connectivity index (χ1v) is 11.1. The average molecular weight is 456 g/mol. The molecule has 178 valence electrons. The predicted octanol–water partition coefficient (Wildman–Crippen LogP) is 2.80. The zero-order chi connectivity index (χ0) is 24.2. The summed E-state index contributed by atoms with van der Waals surface area (Å²) in [6.45, 7) is 11.3. The Morgan fingerprint density at radius 3 is 2.61 bits per heavy atom. The number of aromatic nitrogens is 4. The maximum absolute atomic E-state index is 13.2. The number of aliphatic hydroxyl groups excluding tert-OH is 1. The summed E-state index contributed by atoms with van der Waals surface area (Å²) < 4.78 is 13.9. The minimum Gasteiger partial charge on any atom is -0.477 e. The van der Waals surface area contributed by atoms with E-state index in [1.54, 1.807) is 6.07 Å². The van der Waals surface area contributed by atoms with Crippen molar-refractivity contribution in [2.45, 2.75) is 59.6 Å². The van der Waals surface area contributed by atoms with E-state index < -0.39 is 0 Å². The van der Waals surface area contributed by atoms with Gasteiger partial charge in [0, 0.05) is 30.4 Å². The third-order valence-electron chi connectivity index (χ3n) is 5.23. The van der Waals surface area contributed by atoms with E-state index >= 15 is 0 Å². The van der Waals surface area contributed by atoms with E-state index in [0.717, 1.165) is 16.7 Å². The molecule has 9 heteroatoms. The molecule has 2 N–H and O–H groups in total. The molecule has 0 radical (unpaired) electrons. The third kappa shape index (κ3) is 5.85. The molecule has 3 rings (SSSR count). The number of aryl methyl sites for hydroxylation is 1. The Balaban J connectivity index is 1.91. The second kappa shape index (κ2) is 10.3. The highest BCUT2D eigenvalue weighted by atomic mass is 16.5. The maximum atomic E-state index is 13.2. The van der Waals surface area contributed by atoms with Gasteiger partial charge in [-0.2, -0.15) is 4.52 Å². The molecule has 3 aromatic rings. The summed E-state index contributed by atoms with van der Waals surface area (Å²) in [4.78, 5) is 13.2. The molecule has 0 aliphatic heterocycles. The third-order valence-corrected chi connectivity index (χ3v) is 5.23. The van der Waals surface area contributed by atoms with Gasteiger partial charge in [-0.1, -0.05) is 26.8 Å². The van der Waals surface area contributed by atoms with E-state index in [1.807, 2.05) is 32.0 Å². The van der Waals surface area contributed by atoms with Gasteiger partial charge in [0.1, 0.15) is 6.54 Å². The number of hydrogen-bond donors (Lipinski definition) is 2. The molecule has 0 bridgehead atoms. The number of aliphatic hydroxyl groups is 1. The van der Waals surface area contributed by atoms with Gasteiger partial charge < -0.3 is 14.6 Å². The monoisotopic (exact) mass is 455 g/mol. The lowest BCUT2D eigenvalue weighted by Gasteiger charge is -2.21. The van der Waals surface area contributed by atoms with Crippen molar-refractivity contribution in [1.82, 2.24) is 19.4 Å². The largest absolute Gasteiger partial charge is 0.477 e. The van der Waals surface area contributed by atoms with Crippen LogP contribution in [-0.4, -0.2) is 50.1 Å². The molecule has 0 unspecified atom stereocenters. The predicted molar refractivity (Wildman–Crippen MR) is 124 cm³/mol. The fourth-order valence-electron chi connectivity index (χ4n) is 3.41. The Hall–Kier alpha value is -3.04. The fourth-order valence-corrected chi connectivity index (χ4v) is 3.41. The fraction of sp³-hybridized carbons (Fsp3) is 0.500. The molecule has 0 aliphatic carbocycles. The molecule has 0 saturated heterocycles. The molecule has 9 nitrogen and oxygen atoms in total. The summed E-state index contributed by atoms with van der Waals surface area (Å²) in [5, 5.41) is 26.2. The maximum Gasteiger partial charge on any atom is 0.242 e. The molecule has 33 heavy (non-hydrogen) atoms. The molecule has 0 fully saturated rings. The molecule has 0 saturated carbocycles. The molecular weight excluding hydrogens is 422 g/mol. The van der Waals surface area contributed by atoms with Crippen LogP contribution in [-0.2, 0) is 23.3 Å². The lowest BCUT2D eigenvalue weighted by Crippen LogP contribution is -2.26. The number of Topliss-reactive ketones (excluding diaryl/α,β-unsaturated/α-hetero) is 1. The van der Waals surface area contributed by atoms with Crippen molar-refractivity contribution in [3.63, 3.8) is 0 Å². The van der Waals surface area contributed by atoms with Crippen LogP contribution in [0.15, 0.2) is 24.3 Å². The Morgan fingerprint density at radius 2 is 1.94 bits per heavy atom. The number of carbonyl (C=O) groups is 1. The van der Waals surface area contributed by atoms with Crippen LogP contribution in [0.5, 0.6) is 5.88 Å². The normalized spacial score (nSPS) is 11.8. The second-order valence-corrected chi connectivity index (χ2v) is 9.04. The molecule has 1 aromatic carbocycles. The van der Waals surface area contributed by atoms with E-state index in [2.05, 4.69) is 31.0 Å². The number of nitrogens with zero attached hydrogens (tertiary/aromatic N) is 4. The van der Waals surface area contributed by atoms with Gasteiger partial charge in [-0.25, -0.2) is 4.68 Å². The van der Waals surface area contributed by atoms with E-state index in [-0.39, 0.29) is 30.0 Å². The lowest BCUT2D eigenvalue weighted by atomic mass is 9.84. The Kier molecular flexibility index (Phi) is 7.65. The minimum atomic E-state index is -0.151. The number of ether oxygens (including phenoxy) is 2. The van der Waals surface area contributed by atoms with Crippen LogP contribution in [0.2, 0.25) is 0 Å². The number of carbonyl (C=O) groups excluding carboxylic acids is 1. The molecule has 0 amide bonds. The topological polar surface area (TPSA) is 115 Å². The highest BCUT2D eigenvalue weighted by Gasteiger charge is 2.19. The van der Waals surface area contributed by atoms with Gasteiger partial charge >= 0.3 is 0 Å². The van der Waals surface area contributed by atoms with Crippen LogP contribution in [0.1, 0.15) is 61.2 Å². The van der Waals surface area contributed by atoms with E-state index in [1.165, 1.54) is 9.20 Å². The van der Waals surface area contributed by atoms with Gasteiger partial charge in [0.25, 0.3) is 0 Å². The molecule has 2 heterocycles. The van der Waals surface area contributed by atoms with Crippen molar-refractivity contribution in [3.05, 3.63) is 52.1 Å². The van der Waals surface area contributed by atoms with Gasteiger partial charge in [0.05, 0.1) is 13.2 Å². The van der Waals surface area contributed by atoms with Gasteiger partial charge in [0.2, 0.25) is 11.5 Å². The first kappa shape index (κ1) is 24.6. The number of benzene rings is 1. The van der Waals surface area contributed by atoms with Crippen LogP contribution >= 0.6 is 0 Å². The average Bonchev–Trinajstić information content (AvgIpc) is 3.07. The zero-order valence-corrected chi connectivity index (χ0v) is 20.0. The van der Waals surface area contributed by atoms with E-state index in [0.29, 0.717) is 43.3 Å². The van der Waals surface area contributed by atoms with Crippen molar-refractivity contribution in [1.29, 1.82) is 5.41 Å². The van der Waals surface area contributed by atoms with E-state index in [4.69, 9.17) is 20.0 Å². The van der Waals surface area contributed by atoms with Crippen LogP contribution in [0, 0.1) is 12.3 Å². The van der Waals surface area contributed by atoms with Gasteiger partial charge in [-0.3, -0.25) is 10.2 Å². The van der Waals surface area contributed by atoms with Crippen LogP contribution in [0.4, 0.5) is 0 Å². The standard InChI is InChI=1S/C24H33N5O4/c1-6-33-21-10-16(2)22-27-28(23(25)29(22)26-21)14-20(31)18-11-17(15-32-9-7-8-30)12-19(13-18)24(3,4)5/h10-13,25,30H,6-9,14-15H2,1-5H3. The van der Waals surface area contributed by atoms with E-state index in [9.17, 15) is 4.79 Å². The first-order valence-electron chi connectivity index (χ1n) is 11.1. The van der Waals surface area contributed by atoms with Gasteiger partial charge in [-0.05, 0) is 48.9 Å². The van der Waals surface area contributed by atoms with Crippen LogP contribution in [0.25, 0.3) is 5.65 Å². The molecule has 2 aromatic heterocycles. The molecule has 0 spiro atoms. The van der Waals surface area contributed by atoms with Crippen molar-refractivity contribution in [2.75, 3.05) is 19.8 Å². The smallest absolute Gasteiger partial charge is 0.242 e. The Labute approximate surface area is 193 Å². The number of ketones is 1. The Morgan fingerprint density at radius 1 is 1.18 bits per heavy atom. The number of nitrogens with one attached hydrogen (secondary N) is 1. The summed E-state index contributed by atoms with van der Waals surface area (Å²) >= 11 is 0. The van der Waals surface area contributed by atoms with Crippen molar-refractivity contribution >= 4 is 11.4 Å².